The normalized spacial score (nSPS) is 34.4. The minimum Gasteiger partial charge on any atom is -0.481 e. The number of hydrogen-bond acceptors (Lipinski definition) is 3. The van der Waals surface area contributed by atoms with Gasteiger partial charge in [0.2, 0.25) is 0 Å². The molecule has 0 spiro atoms. The smallest absolute Gasteiger partial charge is 0.313 e. The molecule has 0 aromatic rings. The summed E-state index contributed by atoms with van der Waals surface area (Å²) in [6.07, 6.45) is 5.10. The summed E-state index contributed by atoms with van der Waals surface area (Å²) in [5, 5.41) is 10.3. The van der Waals surface area contributed by atoms with Gasteiger partial charge in [0, 0.05) is 0 Å². The molecule has 2 aliphatic carbocycles. The second-order valence-corrected chi connectivity index (χ2v) is 10.4. The summed E-state index contributed by atoms with van der Waals surface area (Å²) < 4.78 is 5.80. The summed E-state index contributed by atoms with van der Waals surface area (Å²) in [7, 11) is 0. The highest BCUT2D eigenvalue weighted by Gasteiger charge is 2.79. The van der Waals surface area contributed by atoms with Crippen LogP contribution in [0.15, 0.2) is 0 Å². The molecule has 27 heavy (non-hydrogen) atoms. The van der Waals surface area contributed by atoms with E-state index in [1.165, 1.54) is 0 Å². The third-order valence-electron chi connectivity index (χ3n) is 7.68. The van der Waals surface area contributed by atoms with Gasteiger partial charge in [0.05, 0.1) is 17.9 Å². The molecule has 156 valence electrons. The van der Waals surface area contributed by atoms with Gasteiger partial charge in [-0.1, -0.05) is 54.9 Å². The van der Waals surface area contributed by atoms with Gasteiger partial charge in [-0.25, -0.2) is 0 Å². The molecule has 2 rings (SSSR count). The molecule has 0 amide bonds. The van der Waals surface area contributed by atoms with E-state index < -0.39 is 17.3 Å². The van der Waals surface area contributed by atoms with Crippen LogP contribution in [0, 0.1) is 39.9 Å². The molecular weight excluding hydrogens is 340 g/mol. The van der Waals surface area contributed by atoms with Crippen molar-refractivity contribution in [2.45, 2.75) is 87.0 Å². The van der Waals surface area contributed by atoms with E-state index in [0.717, 1.165) is 32.1 Å². The van der Waals surface area contributed by atoms with E-state index in [1.807, 2.05) is 0 Å². The highest BCUT2D eigenvalue weighted by Crippen LogP contribution is 2.79. The van der Waals surface area contributed by atoms with Crippen LogP contribution in [0.3, 0.4) is 0 Å². The molecule has 0 aromatic carbocycles. The van der Waals surface area contributed by atoms with Crippen LogP contribution in [0.5, 0.6) is 0 Å². The fourth-order valence-electron chi connectivity index (χ4n) is 6.90. The third-order valence-corrected chi connectivity index (χ3v) is 7.68. The topological polar surface area (TPSA) is 63.6 Å². The Balaban J connectivity index is 2.66. The van der Waals surface area contributed by atoms with Crippen LogP contribution in [0.25, 0.3) is 0 Å². The molecule has 4 nitrogen and oxygen atoms in total. The second kappa shape index (κ2) is 7.75. The zero-order chi connectivity index (χ0) is 20.6. The highest BCUT2D eigenvalue weighted by atomic mass is 16.5. The van der Waals surface area contributed by atoms with E-state index in [2.05, 4.69) is 48.5 Å². The predicted molar refractivity (Wildman–Crippen MR) is 107 cm³/mol. The summed E-state index contributed by atoms with van der Waals surface area (Å²) in [5.74, 6) is -1.02. The molecule has 2 bridgehead atoms. The Labute approximate surface area is 165 Å². The molecule has 4 unspecified atom stereocenters. The van der Waals surface area contributed by atoms with E-state index >= 15 is 0 Å². The first-order valence-electron chi connectivity index (χ1n) is 10.9. The Morgan fingerprint density at radius 2 is 1.70 bits per heavy atom. The van der Waals surface area contributed by atoms with Gasteiger partial charge in [0.25, 0.3) is 0 Å². The number of rotatable bonds is 9. The predicted octanol–water partition coefficient (Wildman–Crippen LogP) is 5.55. The number of hydrogen-bond donors (Lipinski definition) is 1. The van der Waals surface area contributed by atoms with Gasteiger partial charge < -0.3 is 9.84 Å². The van der Waals surface area contributed by atoms with E-state index in [9.17, 15) is 14.7 Å². The van der Waals surface area contributed by atoms with Crippen molar-refractivity contribution in [2.24, 2.45) is 39.9 Å². The lowest BCUT2D eigenvalue weighted by Crippen LogP contribution is -2.55. The monoisotopic (exact) mass is 380 g/mol. The van der Waals surface area contributed by atoms with E-state index in [4.69, 9.17) is 4.74 Å². The summed E-state index contributed by atoms with van der Waals surface area (Å²) in [6, 6.07) is 0. The van der Waals surface area contributed by atoms with Crippen LogP contribution in [0.4, 0.5) is 0 Å². The molecule has 0 saturated heterocycles. The number of fused-ring (bicyclic) bond motifs is 2. The fraction of sp³-hybridized carbons (Fsp3) is 0.913. The number of carboxylic acids is 1. The van der Waals surface area contributed by atoms with Crippen LogP contribution in [-0.2, 0) is 14.3 Å². The van der Waals surface area contributed by atoms with Crippen molar-refractivity contribution in [3.05, 3.63) is 0 Å². The maximum Gasteiger partial charge on any atom is 0.313 e. The fourth-order valence-corrected chi connectivity index (χ4v) is 6.90. The van der Waals surface area contributed by atoms with Gasteiger partial charge in [-0.3, -0.25) is 9.59 Å². The van der Waals surface area contributed by atoms with Gasteiger partial charge in [-0.05, 0) is 60.7 Å². The Hall–Kier alpha value is -1.06. The maximum absolute atomic E-state index is 13.7. The summed E-state index contributed by atoms with van der Waals surface area (Å²) >= 11 is 0. The van der Waals surface area contributed by atoms with Crippen molar-refractivity contribution in [2.75, 3.05) is 6.61 Å². The third kappa shape index (κ3) is 3.21. The number of aliphatic carboxylic acids is 1. The van der Waals surface area contributed by atoms with Crippen molar-refractivity contribution in [1.82, 2.24) is 0 Å². The Morgan fingerprint density at radius 3 is 2.19 bits per heavy atom. The SMILES string of the molecule is CCCCOC(=O)C1(CC(C)C)C(C(=O)O)C2CCC1(CC(C)C)C2(C)C. The van der Waals surface area contributed by atoms with Gasteiger partial charge in [-0.15, -0.1) is 0 Å². The first kappa shape index (κ1) is 22.2. The molecule has 0 heterocycles. The lowest BCUT2D eigenvalue weighted by atomic mass is 9.50. The number of carboxylic acid groups (broad SMARTS) is 1. The van der Waals surface area contributed by atoms with Crippen molar-refractivity contribution in [1.29, 1.82) is 0 Å². The van der Waals surface area contributed by atoms with Crippen LogP contribution in [-0.4, -0.2) is 23.7 Å². The summed E-state index contributed by atoms with van der Waals surface area (Å²) in [4.78, 5) is 26.2. The zero-order valence-corrected chi connectivity index (χ0v) is 18.4. The van der Waals surface area contributed by atoms with Crippen molar-refractivity contribution < 1.29 is 19.4 Å². The van der Waals surface area contributed by atoms with E-state index in [1.54, 1.807) is 0 Å². The average molecular weight is 381 g/mol. The van der Waals surface area contributed by atoms with E-state index in [-0.39, 0.29) is 28.6 Å². The number of esters is 1. The van der Waals surface area contributed by atoms with Gasteiger partial charge in [0.1, 0.15) is 0 Å². The first-order chi connectivity index (χ1) is 12.5. The van der Waals surface area contributed by atoms with Crippen LogP contribution in [0.1, 0.15) is 87.0 Å². The van der Waals surface area contributed by atoms with Crippen molar-refractivity contribution in [3.8, 4) is 0 Å². The molecule has 4 atom stereocenters. The Kier molecular flexibility index (Phi) is 6.38. The largest absolute Gasteiger partial charge is 0.481 e. The van der Waals surface area contributed by atoms with Gasteiger partial charge >= 0.3 is 11.9 Å². The lowest BCUT2D eigenvalue weighted by molar-refractivity contribution is -0.184. The maximum atomic E-state index is 13.7. The Morgan fingerprint density at radius 1 is 1.11 bits per heavy atom. The number of carbonyl (C=O) groups is 2. The van der Waals surface area contributed by atoms with Gasteiger partial charge in [-0.2, -0.15) is 0 Å². The number of ether oxygens (including phenoxy) is 1. The number of carbonyl (C=O) groups excluding carboxylic acids is 1. The van der Waals surface area contributed by atoms with E-state index in [0.29, 0.717) is 18.9 Å². The minimum absolute atomic E-state index is 0.0335. The van der Waals surface area contributed by atoms with Crippen LogP contribution >= 0.6 is 0 Å². The van der Waals surface area contributed by atoms with Crippen molar-refractivity contribution in [3.63, 3.8) is 0 Å². The molecule has 0 radical (unpaired) electrons. The Bertz CT molecular complexity index is 565. The lowest BCUT2D eigenvalue weighted by Gasteiger charge is -2.52. The molecular formula is C23H40O4. The molecule has 2 fully saturated rings. The van der Waals surface area contributed by atoms with Crippen LogP contribution < -0.4 is 0 Å². The molecule has 2 aliphatic rings. The summed E-state index contributed by atoms with van der Waals surface area (Å²) in [6.45, 7) is 15.5. The molecule has 0 aliphatic heterocycles. The number of unbranched alkanes of at least 4 members (excludes halogenated alkanes) is 1. The standard InChI is InChI=1S/C23H40O4/c1-8-9-12-27-20(26)23(14-16(4)5)18(19(24)25)17-10-11-22(23,13-15(2)3)21(17,6)7/h15-18H,8-14H2,1-7H3,(H,24,25). The quantitative estimate of drug-likeness (QED) is 0.421. The molecule has 1 N–H and O–H groups in total. The van der Waals surface area contributed by atoms with Crippen LogP contribution in [0.2, 0.25) is 0 Å². The second-order valence-electron chi connectivity index (χ2n) is 10.4. The average Bonchev–Trinajstić information content (AvgIpc) is 2.86. The zero-order valence-electron chi connectivity index (χ0n) is 18.4. The summed E-state index contributed by atoms with van der Waals surface area (Å²) in [5.41, 5.74) is -1.41. The van der Waals surface area contributed by atoms with Gasteiger partial charge in [0.15, 0.2) is 0 Å². The van der Waals surface area contributed by atoms with Crippen molar-refractivity contribution >= 4 is 11.9 Å². The first-order valence-corrected chi connectivity index (χ1v) is 10.9. The molecule has 0 aromatic heterocycles. The minimum atomic E-state index is -0.919. The highest BCUT2D eigenvalue weighted by molar-refractivity contribution is 5.88. The molecule has 2 saturated carbocycles. The molecule has 4 heteroatoms.